The standard InChI is InChI=1S/C25H26BrN3O2/c1-18-23(19(2)29(28-18)22-9-4-3-5-10-22)11-12-24(30)27-25(13-15-31-16-14-25)20-7-6-8-21(26)17-20/h3-12,17H,13-16H2,1-2H3,(H,27,30)/b12-11+. The van der Waals surface area contributed by atoms with Gasteiger partial charge in [-0.3, -0.25) is 4.79 Å². The molecule has 1 amide bonds. The van der Waals surface area contributed by atoms with E-state index in [1.807, 2.05) is 67.1 Å². The molecule has 0 aliphatic carbocycles. The fourth-order valence-corrected chi connectivity index (χ4v) is 4.54. The molecule has 1 aliphatic rings. The Balaban J connectivity index is 1.57. The number of aryl methyl sites for hydroxylation is 1. The Kier molecular flexibility index (Phi) is 6.39. The summed E-state index contributed by atoms with van der Waals surface area (Å²) in [6.07, 6.45) is 4.96. The lowest BCUT2D eigenvalue weighted by Gasteiger charge is -2.38. The summed E-state index contributed by atoms with van der Waals surface area (Å²) < 4.78 is 8.48. The molecule has 31 heavy (non-hydrogen) atoms. The molecular weight excluding hydrogens is 454 g/mol. The SMILES string of the molecule is Cc1nn(-c2ccccc2)c(C)c1/C=C/C(=O)NC1(c2cccc(Br)c2)CCOCC1. The minimum Gasteiger partial charge on any atom is -0.381 e. The second kappa shape index (κ2) is 9.20. The molecule has 2 heterocycles. The van der Waals surface area contributed by atoms with Gasteiger partial charge in [-0.15, -0.1) is 0 Å². The molecule has 3 aromatic rings. The number of hydrogen-bond acceptors (Lipinski definition) is 3. The van der Waals surface area contributed by atoms with E-state index in [2.05, 4.69) is 38.5 Å². The summed E-state index contributed by atoms with van der Waals surface area (Å²) in [5, 5.41) is 7.93. The first-order valence-electron chi connectivity index (χ1n) is 10.4. The quantitative estimate of drug-likeness (QED) is 0.518. The molecule has 0 unspecified atom stereocenters. The van der Waals surface area contributed by atoms with Crippen LogP contribution in [0.25, 0.3) is 11.8 Å². The number of amides is 1. The number of hydrogen-bond donors (Lipinski definition) is 1. The Bertz CT molecular complexity index is 1100. The first-order chi connectivity index (χ1) is 15.0. The van der Waals surface area contributed by atoms with Gasteiger partial charge in [0, 0.05) is 35.0 Å². The van der Waals surface area contributed by atoms with Crippen molar-refractivity contribution in [2.45, 2.75) is 32.2 Å². The summed E-state index contributed by atoms with van der Waals surface area (Å²) >= 11 is 3.55. The Labute approximate surface area is 191 Å². The van der Waals surface area contributed by atoms with Gasteiger partial charge in [-0.25, -0.2) is 4.68 Å². The molecule has 0 bridgehead atoms. The minimum absolute atomic E-state index is 0.117. The Morgan fingerprint density at radius 2 is 1.87 bits per heavy atom. The molecule has 1 aliphatic heterocycles. The maximum Gasteiger partial charge on any atom is 0.244 e. The fourth-order valence-electron chi connectivity index (χ4n) is 4.14. The lowest BCUT2D eigenvalue weighted by molar-refractivity contribution is -0.119. The number of benzene rings is 2. The molecular formula is C25H26BrN3O2. The van der Waals surface area contributed by atoms with E-state index < -0.39 is 5.54 Å². The van der Waals surface area contributed by atoms with Crippen molar-refractivity contribution in [1.82, 2.24) is 15.1 Å². The normalized spacial score (nSPS) is 15.8. The third-order valence-electron chi connectivity index (χ3n) is 5.84. The molecule has 160 valence electrons. The summed E-state index contributed by atoms with van der Waals surface area (Å²) in [7, 11) is 0. The van der Waals surface area contributed by atoms with Gasteiger partial charge in [0.25, 0.3) is 0 Å². The highest BCUT2D eigenvalue weighted by atomic mass is 79.9. The van der Waals surface area contributed by atoms with Crippen LogP contribution in [0.1, 0.15) is 35.4 Å². The molecule has 0 saturated carbocycles. The van der Waals surface area contributed by atoms with Crippen molar-refractivity contribution in [2.75, 3.05) is 13.2 Å². The van der Waals surface area contributed by atoms with E-state index in [-0.39, 0.29) is 5.91 Å². The van der Waals surface area contributed by atoms with Crippen molar-refractivity contribution in [1.29, 1.82) is 0 Å². The second-order valence-corrected chi connectivity index (χ2v) is 8.77. The van der Waals surface area contributed by atoms with Crippen LogP contribution in [-0.2, 0) is 15.1 Å². The van der Waals surface area contributed by atoms with E-state index in [1.54, 1.807) is 6.08 Å². The van der Waals surface area contributed by atoms with E-state index >= 15 is 0 Å². The lowest BCUT2D eigenvalue weighted by atomic mass is 9.82. The van der Waals surface area contributed by atoms with E-state index in [1.165, 1.54) is 0 Å². The number of nitrogens with zero attached hydrogens (tertiary/aromatic N) is 2. The molecule has 1 fully saturated rings. The molecule has 1 N–H and O–H groups in total. The Morgan fingerprint density at radius 3 is 2.58 bits per heavy atom. The van der Waals surface area contributed by atoms with Crippen molar-refractivity contribution >= 4 is 27.9 Å². The Morgan fingerprint density at radius 1 is 1.13 bits per heavy atom. The van der Waals surface area contributed by atoms with Crippen molar-refractivity contribution in [3.63, 3.8) is 0 Å². The summed E-state index contributed by atoms with van der Waals surface area (Å²) in [6.45, 7) is 5.23. The average Bonchev–Trinajstić information content (AvgIpc) is 3.07. The summed E-state index contributed by atoms with van der Waals surface area (Å²) in [4.78, 5) is 13.0. The molecule has 1 saturated heterocycles. The molecule has 0 atom stereocenters. The highest BCUT2D eigenvalue weighted by Gasteiger charge is 2.35. The fraction of sp³-hybridized carbons (Fsp3) is 0.280. The van der Waals surface area contributed by atoms with Gasteiger partial charge in [-0.1, -0.05) is 46.3 Å². The number of para-hydroxylation sites is 1. The number of carbonyl (C=O) groups is 1. The predicted octanol–water partition coefficient (Wildman–Crippen LogP) is 5.09. The third-order valence-corrected chi connectivity index (χ3v) is 6.33. The smallest absolute Gasteiger partial charge is 0.244 e. The van der Waals surface area contributed by atoms with Crippen molar-refractivity contribution in [2.24, 2.45) is 0 Å². The van der Waals surface area contributed by atoms with E-state index in [9.17, 15) is 4.79 Å². The van der Waals surface area contributed by atoms with Crippen LogP contribution < -0.4 is 5.32 Å². The van der Waals surface area contributed by atoms with Gasteiger partial charge in [-0.2, -0.15) is 5.10 Å². The van der Waals surface area contributed by atoms with Crippen LogP contribution in [0.2, 0.25) is 0 Å². The Hall–Kier alpha value is -2.70. The summed E-state index contributed by atoms with van der Waals surface area (Å²) in [5.41, 5.74) is 4.52. The van der Waals surface area contributed by atoms with Gasteiger partial charge in [0.15, 0.2) is 0 Å². The number of carbonyl (C=O) groups excluding carboxylic acids is 1. The van der Waals surface area contributed by atoms with Gasteiger partial charge in [0.2, 0.25) is 5.91 Å². The van der Waals surface area contributed by atoms with Gasteiger partial charge < -0.3 is 10.1 Å². The van der Waals surface area contributed by atoms with Crippen LogP contribution in [0.5, 0.6) is 0 Å². The van der Waals surface area contributed by atoms with Crippen LogP contribution >= 0.6 is 15.9 Å². The summed E-state index contributed by atoms with van der Waals surface area (Å²) in [6, 6.07) is 18.1. The topological polar surface area (TPSA) is 56.2 Å². The largest absolute Gasteiger partial charge is 0.381 e. The molecule has 2 aromatic carbocycles. The highest BCUT2D eigenvalue weighted by Crippen LogP contribution is 2.33. The van der Waals surface area contributed by atoms with Crippen molar-refractivity contribution < 1.29 is 9.53 Å². The first kappa shape index (κ1) is 21.5. The molecule has 4 rings (SSSR count). The van der Waals surface area contributed by atoms with E-state index in [0.717, 1.165) is 45.5 Å². The van der Waals surface area contributed by atoms with Gasteiger partial charge in [0.05, 0.1) is 16.9 Å². The maximum absolute atomic E-state index is 13.0. The average molecular weight is 480 g/mol. The molecule has 6 heteroatoms. The molecule has 5 nitrogen and oxygen atoms in total. The van der Waals surface area contributed by atoms with Crippen LogP contribution in [-0.4, -0.2) is 28.9 Å². The van der Waals surface area contributed by atoms with Gasteiger partial charge in [-0.05, 0) is 62.6 Å². The summed E-state index contributed by atoms with van der Waals surface area (Å²) in [5.74, 6) is -0.117. The van der Waals surface area contributed by atoms with Crippen LogP contribution in [0, 0.1) is 13.8 Å². The zero-order chi connectivity index (χ0) is 21.8. The zero-order valence-corrected chi connectivity index (χ0v) is 19.4. The number of aromatic nitrogens is 2. The minimum atomic E-state index is -0.429. The van der Waals surface area contributed by atoms with Crippen LogP contribution in [0.15, 0.2) is 65.1 Å². The van der Waals surface area contributed by atoms with Crippen LogP contribution in [0.4, 0.5) is 0 Å². The van der Waals surface area contributed by atoms with E-state index in [0.29, 0.717) is 13.2 Å². The number of nitrogens with one attached hydrogen (secondary N) is 1. The predicted molar refractivity (Wildman–Crippen MR) is 126 cm³/mol. The van der Waals surface area contributed by atoms with Crippen molar-refractivity contribution in [3.05, 3.63) is 87.7 Å². The monoisotopic (exact) mass is 479 g/mol. The van der Waals surface area contributed by atoms with Crippen LogP contribution in [0.3, 0.4) is 0 Å². The maximum atomic E-state index is 13.0. The third kappa shape index (κ3) is 4.65. The zero-order valence-electron chi connectivity index (χ0n) is 17.8. The number of halogens is 1. The number of rotatable bonds is 5. The van der Waals surface area contributed by atoms with Gasteiger partial charge >= 0.3 is 0 Å². The molecule has 1 aromatic heterocycles. The van der Waals surface area contributed by atoms with E-state index in [4.69, 9.17) is 4.74 Å². The van der Waals surface area contributed by atoms with Crippen molar-refractivity contribution in [3.8, 4) is 5.69 Å². The number of ether oxygens (including phenoxy) is 1. The second-order valence-electron chi connectivity index (χ2n) is 7.86. The van der Waals surface area contributed by atoms with Gasteiger partial charge in [0.1, 0.15) is 0 Å². The first-order valence-corrected chi connectivity index (χ1v) is 11.2. The molecule has 0 radical (unpaired) electrons. The lowest BCUT2D eigenvalue weighted by Crippen LogP contribution is -2.49. The molecule has 0 spiro atoms. The highest BCUT2D eigenvalue weighted by molar-refractivity contribution is 9.10.